The Bertz CT molecular complexity index is 837. The first-order valence-corrected chi connectivity index (χ1v) is 7.76. The third-order valence-corrected chi connectivity index (χ3v) is 4.09. The van der Waals surface area contributed by atoms with E-state index in [9.17, 15) is 4.79 Å². The van der Waals surface area contributed by atoms with Crippen LogP contribution in [0.5, 0.6) is 0 Å². The number of ketones is 1. The van der Waals surface area contributed by atoms with E-state index in [0.717, 1.165) is 16.7 Å². The zero-order valence-corrected chi connectivity index (χ0v) is 13.7. The molecule has 113 valence electrons. The smallest absolute Gasteiger partial charge is 0.193 e. The number of aryl methyl sites for hydroxylation is 3. The number of benzene rings is 3. The fourth-order valence-corrected chi connectivity index (χ4v) is 3.19. The summed E-state index contributed by atoms with van der Waals surface area (Å²) in [5, 5.41) is 0. The SMILES string of the molecule is Cc1cc(C)c(-c2c[c]ccc2C(=O)c2ccccc2)c(C)c1. The molecule has 0 heterocycles. The van der Waals surface area contributed by atoms with Gasteiger partial charge in [0, 0.05) is 11.1 Å². The van der Waals surface area contributed by atoms with Gasteiger partial charge in [0.2, 0.25) is 0 Å². The fourth-order valence-electron chi connectivity index (χ4n) is 3.19. The predicted molar refractivity (Wildman–Crippen MR) is 94.8 cm³/mol. The van der Waals surface area contributed by atoms with Crippen molar-refractivity contribution in [3.05, 3.63) is 94.5 Å². The average Bonchev–Trinajstić information content (AvgIpc) is 2.54. The Kier molecular flexibility index (Phi) is 4.12. The van der Waals surface area contributed by atoms with Gasteiger partial charge in [0.05, 0.1) is 0 Å². The molecule has 0 fully saturated rings. The second-order valence-corrected chi connectivity index (χ2v) is 5.94. The molecule has 0 saturated heterocycles. The molecule has 3 rings (SSSR count). The molecule has 0 aliphatic carbocycles. The third kappa shape index (κ3) is 2.95. The molecule has 0 aliphatic rings. The van der Waals surface area contributed by atoms with E-state index in [1.165, 1.54) is 16.7 Å². The van der Waals surface area contributed by atoms with Gasteiger partial charge in [-0.25, -0.2) is 0 Å². The number of hydrogen-bond donors (Lipinski definition) is 0. The molecule has 1 heteroatoms. The van der Waals surface area contributed by atoms with Crippen LogP contribution in [0.15, 0.2) is 60.7 Å². The maximum Gasteiger partial charge on any atom is 0.193 e. The van der Waals surface area contributed by atoms with Gasteiger partial charge in [-0.15, -0.1) is 0 Å². The summed E-state index contributed by atoms with van der Waals surface area (Å²) in [6.07, 6.45) is 0. The van der Waals surface area contributed by atoms with Crippen molar-refractivity contribution in [1.29, 1.82) is 0 Å². The van der Waals surface area contributed by atoms with Crippen LogP contribution in [0.3, 0.4) is 0 Å². The van der Waals surface area contributed by atoms with Gasteiger partial charge >= 0.3 is 0 Å². The Labute approximate surface area is 137 Å². The second-order valence-electron chi connectivity index (χ2n) is 5.94. The number of hydrogen-bond acceptors (Lipinski definition) is 1. The van der Waals surface area contributed by atoms with Crippen LogP contribution in [0.25, 0.3) is 11.1 Å². The lowest BCUT2D eigenvalue weighted by molar-refractivity contribution is 0.103. The van der Waals surface area contributed by atoms with Crippen LogP contribution >= 0.6 is 0 Å². The van der Waals surface area contributed by atoms with Gasteiger partial charge in [0.25, 0.3) is 0 Å². The molecule has 1 nitrogen and oxygen atoms in total. The van der Waals surface area contributed by atoms with Gasteiger partial charge in [-0.3, -0.25) is 4.79 Å². The molecule has 0 amide bonds. The summed E-state index contributed by atoms with van der Waals surface area (Å²) in [5.41, 5.74) is 7.13. The summed E-state index contributed by atoms with van der Waals surface area (Å²) >= 11 is 0. The Morgan fingerprint density at radius 2 is 1.57 bits per heavy atom. The first kappa shape index (κ1) is 15.2. The Morgan fingerprint density at radius 1 is 0.913 bits per heavy atom. The topological polar surface area (TPSA) is 17.1 Å². The average molecular weight is 299 g/mol. The Hall–Kier alpha value is -2.67. The van der Waals surface area contributed by atoms with Gasteiger partial charge < -0.3 is 0 Å². The predicted octanol–water partition coefficient (Wildman–Crippen LogP) is 5.31. The van der Waals surface area contributed by atoms with Crippen LogP contribution in [0.2, 0.25) is 0 Å². The number of carbonyl (C=O) groups excluding carboxylic acids is 1. The molecule has 0 atom stereocenters. The standard InChI is InChI=1S/C22H19O/c1-15-13-16(2)21(17(3)14-15)19-11-7-8-12-20(19)22(23)18-9-5-4-6-10-18/h4-6,8-14H,1-3H3. The zero-order valence-electron chi connectivity index (χ0n) is 13.7. The molecule has 0 aliphatic heterocycles. The van der Waals surface area contributed by atoms with E-state index < -0.39 is 0 Å². The summed E-state index contributed by atoms with van der Waals surface area (Å²) < 4.78 is 0. The molecule has 1 radical (unpaired) electrons. The van der Waals surface area contributed by atoms with E-state index >= 15 is 0 Å². The maximum atomic E-state index is 12.9. The molecule has 0 N–H and O–H groups in total. The summed E-state index contributed by atoms with van der Waals surface area (Å²) in [6, 6.07) is 22.5. The lowest BCUT2D eigenvalue weighted by Crippen LogP contribution is -2.04. The van der Waals surface area contributed by atoms with Crippen LogP contribution in [0, 0.1) is 26.8 Å². The van der Waals surface area contributed by atoms with Crippen molar-refractivity contribution in [2.24, 2.45) is 0 Å². The van der Waals surface area contributed by atoms with Crippen molar-refractivity contribution in [3.63, 3.8) is 0 Å². The van der Waals surface area contributed by atoms with E-state index in [4.69, 9.17) is 0 Å². The highest BCUT2D eigenvalue weighted by Crippen LogP contribution is 2.32. The third-order valence-electron chi connectivity index (χ3n) is 4.09. The van der Waals surface area contributed by atoms with Crippen LogP contribution < -0.4 is 0 Å². The van der Waals surface area contributed by atoms with Gasteiger partial charge in [-0.05, 0) is 61.2 Å². The molecular formula is C22H19O. The van der Waals surface area contributed by atoms with Gasteiger partial charge in [-0.2, -0.15) is 0 Å². The van der Waals surface area contributed by atoms with Crippen LogP contribution in [-0.4, -0.2) is 5.78 Å². The van der Waals surface area contributed by atoms with Crippen LogP contribution in [0.4, 0.5) is 0 Å². The first-order chi connectivity index (χ1) is 11.1. The summed E-state index contributed by atoms with van der Waals surface area (Å²) in [5.74, 6) is 0.0500. The lowest BCUT2D eigenvalue weighted by atomic mass is 9.88. The zero-order chi connectivity index (χ0) is 16.4. The van der Waals surface area contributed by atoms with Crippen LogP contribution in [-0.2, 0) is 0 Å². The van der Waals surface area contributed by atoms with Gasteiger partial charge in [-0.1, -0.05) is 54.1 Å². The highest BCUT2D eigenvalue weighted by atomic mass is 16.1. The molecule has 0 bridgehead atoms. The largest absolute Gasteiger partial charge is 0.289 e. The minimum atomic E-state index is 0.0500. The fraction of sp³-hybridized carbons (Fsp3) is 0.136. The first-order valence-electron chi connectivity index (χ1n) is 7.76. The van der Waals surface area contributed by atoms with E-state index in [1.54, 1.807) is 6.07 Å². The van der Waals surface area contributed by atoms with Crippen molar-refractivity contribution in [2.45, 2.75) is 20.8 Å². The Morgan fingerprint density at radius 3 is 2.22 bits per heavy atom. The van der Waals surface area contributed by atoms with Crippen molar-refractivity contribution < 1.29 is 4.79 Å². The molecular weight excluding hydrogens is 280 g/mol. The van der Waals surface area contributed by atoms with Crippen molar-refractivity contribution >= 4 is 5.78 Å². The lowest BCUT2D eigenvalue weighted by Gasteiger charge is -2.15. The van der Waals surface area contributed by atoms with Crippen molar-refractivity contribution in [2.75, 3.05) is 0 Å². The molecule has 0 aromatic heterocycles. The maximum absolute atomic E-state index is 12.9. The summed E-state index contributed by atoms with van der Waals surface area (Å²) in [7, 11) is 0. The number of rotatable bonds is 3. The van der Waals surface area contributed by atoms with Crippen LogP contribution in [0.1, 0.15) is 32.6 Å². The monoisotopic (exact) mass is 299 g/mol. The minimum absolute atomic E-state index is 0.0500. The molecule has 0 spiro atoms. The van der Waals surface area contributed by atoms with E-state index in [2.05, 4.69) is 39.0 Å². The normalized spacial score (nSPS) is 10.6. The van der Waals surface area contributed by atoms with E-state index in [0.29, 0.717) is 5.56 Å². The number of carbonyl (C=O) groups is 1. The summed E-state index contributed by atoms with van der Waals surface area (Å²) in [4.78, 5) is 12.9. The minimum Gasteiger partial charge on any atom is -0.289 e. The quantitative estimate of drug-likeness (QED) is 0.599. The molecule has 3 aromatic carbocycles. The molecule has 0 unspecified atom stereocenters. The molecule has 23 heavy (non-hydrogen) atoms. The Balaban J connectivity index is 2.19. The van der Waals surface area contributed by atoms with E-state index in [-0.39, 0.29) is 5.78 Å². The molecule has 0 saturated carbocycles. The second kappa shape index (κ2) is 6.21. The molecule has 3 aromatic rings. The van der Waals surface area contributed by atoms with Gasteiger partial charge in [0.15, 0.2) is 5.78 Å². The van der Waals surface area contributed by atoms with E-state index in [1.807, 2.05) is 42.5 Å². The highest BCUT2D eigenvalue weighted by molar-refractivity contribution is 6.13. The van der Waals surface area contributed by atoms with Gasteiger partial charge in [0.1, 0.15) is 0 Å². The summed E-state index contributed by atoms with van der Waals surface area (Å²) in [6.45, 7) is 6.29. The van der Waals surface area contributed by atoms with Crippen molar-refractivity contribution in [1.82, 2.24) is 0 Å². The van der Waals surface area contributed by atoms with Crippen molar-refractivity contribution in [3.8, 4) is 11.1 Å². The highest BCUT2D eigenvalue weighted by Gasteiger charge is 2.16.